The van der Waals surface area contributed by atoms with Crippen molar-refractivity contribution in [2.75, 3.05) is 0 Å². The molecule has 0 aromatic carbocycles. The molecule has 2 heterocycles. The zero-order valence-electron chi connectivity index (χ0n) is 5.16. The van der Waals surface area contributed by atoms with Crippen molar-refractivity contribution < 1.29 is 9.32 Å². The predicted molar refractivity (Wildman–Crippen MR) is 36.9 cm³/mol. The second-order valence-electron chi connectivity index (χ2n) is 2.08. The zero-order chi connectivity index (χ0) is 6.97. The molecule has 1 aromatic heterocycles. The fraction of sp³-hybridized carbons (Fsp3) is 0.333. The van der Waals surface area contributed by atoms with Crippen molar-refractivity contribution >= 4 is 18.0 Å². The minimum Gasteiger partial charge on any atom is -0.353 e. The fourth-order valence-corrected chi connectivity index (χ4v) is 2.00. The molecular formula is C6H5NO2S. The van der Waals surface area contributed by atoms with Gasteiger partial charge in [-0.1, -0.05) is 5.16 Å². The third-order valence-electron chi connectivity index (χ3n) is 1.49. The molecule has 0 radical (unpaired) electrons. The number of nitrogens with zero attached hydrogens (tertiary/aromatic N) is 1. The van der Waals surface area contributed by atoms with Crippen LogP contribution in [0.3, 0.4) is 0 Å². The third kappa shape index (κ3) is 0.686. The van der Waals surface area contributed by atoms with Gasteiger partial charge in [-0.3, -0.25) is 4.79 Å². The summed E-state index contributed by atoms with van der Waals surface area (Å²) in [7, 11) is 0. The van der Waals surface area contributed by atoms with Gasteiger partial charge in [0.05, 0.1) is 5.69 Å². The van der Waals surface area contributed by atoms with Crippen LogP contribution in [0, 0.1) is 0 Å². The van der Waals surface area contributed by atoms with Gasteiger partial charge in [0.2, 0.25) is 5.76 Å². The molecule has 2 rings (SSSR count). The van der Waals surface area contributed by atoms with E-state index in [-0.39, 0.29) is 0 Å². The van der Waals surface area contributed by atoms with E-state index in [1.165, 1.54) is 0 Å². The van der Waals surface area contributed by atoms with Crippen LogP contribution in [0.25, 0.3) is 0 Å². The van der Waals surface area contributed by atoms with Crippen LogP contribution < -0.4 is 0 Å². The molecule has 1 aromatic rings. The molecule has 0 atom stereocenters. The maximum absolute atomic E-state index is 10.3. The highest BCUT2D eigenvalue weighted by molar-refractivity contribution is 7.98. The molecule has 0 unspecified atom stereocenters. The molecule has 3 nitrogen and oxygen atoms in total. The number of carbonyl (C=O) groups is 1. The van der Waals surface area contributed by atoms with Gasteiger partial charge in [0, 0.05) is 17.1 Å². The van der Waals surface area contributed by atoms with Crippen molar-refractivity contribution in [1.82, 2.24) is 5.16 Å². The van der Waals surface area contributed by atoms with Gasteiger partial charge in [0.25, 0.3) is 0 Å². The van der Waals surface area contributed by atoms with Crippen molar-refractivity contribution in [2.24, 2.45) is 0 Å². The summed E-state index contributed by atoms with van der Waals surface area (Å²) < 4.78 is 4.76. The van der Waals surface area contributed by atoms with Crippen molar-refractivity contribution in [1.29, 1.82) is 0 Å². The first-order valence-corrected chi connectivity index (χ1v) is 4.07. The number of fused-ring (bicyclic) bond motifs is 1. The molecule has 0 amide bonds. The van der Waals surface area contributed by atoms with E-state index in [4.69, 9.17) is 4.52 Å². The Bertz CT molecular complexity index is 269. The average molecular weight is 155 g/mol. The van der Waals surface area contributed by atoms with E-state index in [0.717, 1.165) is 29.0 Å². The summed E-state index contributed by atoms with van der Waals surface area (Å²) in [6.45, 7) is 0. The van der Waals surface area contributed by atoms with Crippen LogP contribution in [0.15, 0.2) is 4.52 Å². The average Bonchev–Trinajstić information content (AvgIpc) is 2.44. The number of hydrogen-bond acceptors (Lipinski definition) is 4. The molecule has 0 spiro atoms. The Balaban J connectivity index is 2.53. The van der Waals surface area contributed by atoms with Crippen LogP contribution in [0.1, 0.15) is 21.8 Å². The second kappa shape index (κ2) is 2.12. The second-order valence-corrected chi connectivity index (χ2v) is 3.07. The molecule has 0 fully saturated rings. The number of aldehydes is 1. The zero-order valence-corrected chi connectivity index (χ0v) is 5.98. The van der Waals surface area contributed by atoms with Crippen molar-refractivity contribution in [3.8, 4) is 0 Å². The van der Waals surface area contributed by atoms with Gasteiger partial charge in [-0.25, -0.2) is 0 Å². The molecule has 0 N–H and O–H groups in total. The maximum Gasteiger partial charge on any atom is 0.203 e. The lowest BCUT2D eigenvalue weighted by molar-refractivity contribution is 0.109. The normalized spacial score (nSPS) is 15.2. The Kier molecular flexibility index (Phi) is 1.27. The number of thioether (sulfide) groups is 1. The van der Waals surface area contributed by atoms with Gasteiger partial charge >= 0.3 is 0 Å². The van der Waals surface area contributed by atoms with Gasteiger partial charge in [-0.15, -0.1) is 0 Å². The van der Waals surface area contributed by atoms with Crippen molar-refractivity contribution in [3.63, 3.8) is 0 Å². The number of aromatic nitrogens is 1. The third-order valence-corrected chi connectivity index (χ3v) is 2.46. The fourth-order valence-electron chi connectivity index (χ4n) is 0.967. The summed E-state index contributed by atoms with van der Waals surface area (Å²) in [5.41, 5.74) is 1.92. The number of rotatable bonds is 1. The van der Waals surface area contributed by atoms with Crippen molar-refractivity contribution in [3.05, 3.63) is 17.0 Å². The lowest BCUT2D eigenvalue weighted by atomic mass is 10.2. The summed E-state index contributed by atoms with van der Waals surface area (Å²) >= 11 is 1.76. The Hall–Kier alpha value is -0.770. The van der Waals surface area contributed by atoms with Crippen LogP contribution in [-0.2, 0) is 11.5 Å². The quantitative estimate of drug-likeness (QED) is 0.572. The standard InChI is InChI=1S/C6H5NO2S/c8-1-6-4-2-10-3-5(4)7-9-6/h1H,2-3H2. The van der Waals surface area contributed by atoms with E-state index in [1.807, 2.05) is 0 Å². The van der Waals surface area contributed by atoms with E-state index < -0.39 is 0 Å². The summed E-state index contributed by atoms with van der Waals surface area (Å²) in [6.07, 6.45) is 0.720. The molecule has 0 saturated carbocycles. The topological polar surface area (TPSA) is 43.1 Å². The highest BCUT2D eigenvalue weighted by atomic mass is 32.2. The largest absolute Gasteiger partial charge is 0.353 e. The van der Waals surface area contributed by atoms with E-state index in [2.05, 4.69) is 5.16 Å². The molecule has 4 heteroatoms. The molecule has 52 valence electrons. The van der Waals surface area contributed by atoms with E-state index in [0.29, 0.717) is 5.76 Å². The molecular weight excluding hydrogens is 150 g/mol. The lowest BCUT2D eigenvalue weighted by Gasteiger charge is -1.82. The van der Waals surface area contributed by atoms with Gasteiger partial charge in [0.15, 0.2) is 6.29 Å². The van der Waals surface area contributed by atoms with Crippen LogP contribution in [0.2, 0.25) is 0 Å². The van der Waals surface area contributed by atoms with Crippen LogP contribution in [0.5, 0.6) is 0 Å². The highest BCUT2D eigenvalue weighted by Crippen LogP contribution is 2.30. The number of hydrogen-bond donors (Lipinski definition) is 0. The minimum absolute atomic E-state index is 0.403. The summed E-state index contributed by atoms with van der Waals surface area (Å²) in [4.78, 5) is 10.3. The number of carbonyl (C=O) groups excluding carboxylic acids is 1. The highest BCUT2D eigenvalue weighted by Gasteiger charge is 2.20. The van der Waals surface area contributed by atoms with Gasteiger partial charge in [-0.05, 0) is 0 Å². The minimum atomic E-state index is 0.403. The van der Waals surface area contributed by atoms with E-state index >= 15 is 0 Å². The monoisotopic (exact) mass is 155 g/mol. The summed E-state index contributed by atoms with van der Waals surface area (Å²) in [5.74, 6) is 2.15. The van der Waals surface area contributed by atoms with Crippen LogP contribution in [-0.4, -0.2) is 11.4 Å². The lowest BCUT2D eigenvalue weighted by Crippen LogP contribution is -1.80. The first kappa shape index (κ1) is 5.97. The van der Waals surface area contributed by atoms with Crippen LogP contribution in [0.4, 0.5) is 0 Å². The first-order valence-electron chi connectivity index (χ1n) is 2.92. The Morgan fingerprint density at radius 1 is 1.60 bits per heavy atom. The molecule has 0 bridgehead atoms. The van der Waals surface area contributed by atoms with Gasteiger partial charge < -0.3 is 4.52 Å². The molecule has 0 saturated heterocycles. The van der Waals surface area contributed by atoms with Gasteiger partial charge in [-0.2, -0.15) is 11.8 Å². The first-order chi connectivity index (χ1) is 4.92. The SMILES string of the molecule is O=Cc1onc2c1CSC2. The molecule has 1 aliphatic rings. The van der Waals surface area contributed by atoms with E-state index in [9.17, 15) is 4.79 Å². The van der Waals surface area contributed by atoms with Crippen molar-refractivity contribution in [2.45, 2.75) is 11.5 Å². The molecule has 10 heavy (non-hydrogen) atoms. The molecule has 1 aliphatic heterocycles. The summed E-state index contributed by atoms with van der Waals surface area (Å²) in [6, 6.07) is 0. The van der Waals surface area contributed by atoms with Gasteiger partial charge in [0.1, 0.15) is 0 Å². The Morgan fingerprint density at radius 3 is 3.30 bits per heavy atom. The maximum atomic E-state index is 10.3. The van der Waals surface area contributed by atoms with Crippen LogP contribution >= 0.6 is 11.8 Å². The molecule has 0 aliphatic carbocycles. The summed E-state index contributed by atoms with van der Waals surface area (Å²) in [5, 5.41) is 3.74. The Labute approximate surface area is 61.8 Å². The smallest absolute Gasteiger partial charge is 0.203 e. The predicted octanol–water partition coefficient (Wildman–Crippen LogP) is 1.23. The van der Waals surface area contributed by atoms with E-state index in [1.54, 1.807) is 11.8 Å². The Morgan fingerprint density at radius 2 is 2.50 bits per heavy atom.